The van der Waals surface area contributed by atoms with Gasteiger partial charge in [-0.2, -0.15) is 0 Å². The third-order valence-corrected chi connectivity index (χ3v) is 15.4. The lowest BCUT2D eigenvalue weighted by atomic mass is 9.81. The molecule has 3 aliphatic rings. The largest absolute Gasteiger partial charge is 0.497 e. The van der Waals surface area contributed by atoms with Gasteiger partial charge in [-0.15, -0.1) is 0 Å². The second-order valence-corrected chi connectivity index (χ2v) is 20.6. The Morgan fingerprint density at radius 3 is 0.778 bits per heavy atom. The molecule has 18 nitrogen and oxygen atoms in total. The first-order chi connectivity index (χ1) is 43.1. The second kappa shape index (κ2) is 24.7. The fourth-order valence-electron chi connectivity index (χ4n) is 10.6. The molecule has 0 aliphatic carbocycles. The summed E-state index contributed by atoms with van der Waals surface area (Å²) >= 11 is 0. The number of halogens is 6. The van der Waals surface area contributed by atoms with Gasteiger partial charge in [0.25, 0.3) is 17.7 Å². The molecule has 0 radical (unpaired) electrons. The van der Waals surface area contributed by atoms with Gasteiger partial charge in [-0.25, -0.2) is 41.3 Å². The number of hydrogen-bond acceptors (Lipinski definition) is 15. The number of ether oxygens (including phenoxy) is 3. The van der Waals surface area contributed by atoms with E-state index >= 15 is 0 Å². The highest BCUT2D eigenvalue weighted by atomic mass is 19.1. The number of guanidine groups is 3. The Morgan fingerprint density at radius 1 is 0.344 bits per heavy atom. The van der Waals surface area contributed by atoms with Crippen LogP contribution in [0.5, 0.6) is 17.2 Å². The van der Waals surface area contributed by atoms with Crippen LogP contribution in [0.4, 0.5) is 26.3 Å². The van der Waals surface area contributed by atoms with Crippen LogP contribution in [0.3, 0.4) is 0 Å². The van der Waals surface area contributed by atoms with E-state index < -0.39 is 51.5 Å². The predicted octanol–water partition coefficient (Wildman–Crippen LogP) is 9.20. The summed E-state index contributed by atoms with van der Waals surface area (Å²) in [5.74, 6) is -2.76. The minimum atomic E-state index is -1.51. The molecule has 6 aromatic carbocycles. The van der Waals surface area contributed by atoms with Crippen molar-refractivity contribution in [3.63, 3.8) is 0 Å². The van der Waals surface area contributed by atoms with Gasteiger partial charge in [-0.3, -0.25) is 44.0 Å². The van der Waals surface area contributed by atoms with Gasteiger partial charge in [0.1, 0.15) is 52.2 Å². The van der Waals surface area contributed by atoms with Gasteiger partial charge >= 0.3 is 0 Å². The number of aromatic nitrogens is 3. The molecule has 1 unspecified atom stereocenters. The molecule has 456 valence electrons. The molecule has 3 aliphatic heterocycles. The van der Waals surface area contributed by atoms with Crippen molar-refractivity contribution < 1.29 is 54.9 Å². The van der Waals surface area contributed by atoms with E-state index in [2.05, 4.69) is 29.9 Å². The van der Waals surface area contributed by atoms with Gasteiger partial charge in [0.15, 0.2) is 34.5 Å². The van der Waals surface area contributed by atoms with Crippen LogP contribution in [0.1, 0.15) is 33.4 Å². The Bertz CT molecular complexity index is 3930. The Kier molecular flexibility index (Phi) is 17.0. The van der Waals surface area contributed by atoms with E-state index in [0.717, 1.165) is 18.6 Å². The first kappa shape index (κ1) is 61.7. The maximum Gasteiger partial charge on any atom is 0.266 e. The molecule has 0 saturated heterocycles. The van der Waals surface area contributed by atoms with E-state index in [1.54, 1.807) is 72.8 Å². The first-order valence-electron chi connectivity index (χ1n) is 27.2. The molecule has 3 atom stereocenters. The number of rotatable bonds is 12. The van der Waals surface area contributed by atoms with E-state index in [0.29, 0.717) is 50.6 Å². The zero-order chi connectivity index (χ0) is 64.4. The molecule has 3 aromatic heterocycles. The Morgan fingerprint density at radius 2 is 0.578 bits per heavy atom. The highest BCUT2D eigenvalue weighted by molar-refractivity contribution is 6.11. The van der Waals surface area contributed by atoms with E-state index in [1.807, 2.05) is 0 Å². The number of methoxy groups -OCH3 is 3. The van der Waals surface area contributed by atoms with Crippen LogP contribution in [-0.2, 0) is 31.0 Å². The molecular weight excluding hydrogens is 1170 g/mol. The van der Waals surface area contributed by atoms with Crippen LogP contribution < -0.4 is 31.4 Å². The summed E-state index contributed by atoms with van der Waals surface area (Å²) in [6.45, 7) is 0. The maximum atomic E-state index is 14.6. The van der Waals surface area contributed by atoms with Gasteiger partial charge in [-0.05, 0) is 124 Å². The van der Waals surface area contributed by atoms with Crippen molar-refractivity contribution in [2.45, 2.75) is 16.6 Å². The van der Waals surface area contributed by atoms with Crippen LogP contribution >= 0.6 is 0 Å². The third kappa shape index (κ3) is 11.1. The first-order valence-corrected chi connectivity index (χ1v) is 27.2. The quantitative estimate of drug-likeness (QED) is 0.0970. The van der Waals surface area contributed by atoms with Crippen molar-refractivity contribution in [3.8, 4) is 50.6 Å². The Labute approximate surface area is 511 Å². The summed E-state index contributed by atoms with van der Waals surface area (Å²) in [4.78, 5) is 68.5. The van der Waals surface area contributed by atoms with Gasteiger partial charge in [0.2, 0.25) is 0 Å². The SMILES string of the molecule is COc1ccc(C2(c3ccc(F)c(-c4cncc(F)c4)c3)N=C(N)N(C)C2=O)cc1.COc1ccc([C@@]2(c3ccc(F)c(-c4cncc(F)c4)c3)N=C(N)N(C)C2=O)cc1.COc1ccc([C@]2(c3ccc(F)c(-c4cncc(F)c4)c3)N=C(N)N(C)C2=O)cc1. The van der Waals surface area contributed by atoms with Crippen LogP contribution in [0, 0.1) is 34.9 Å². The summed E-state index contributed by atoms with van der Waals surface area (Å²) in [7, 11) is 9.17. The minimum absolute atomic E-state index is 0.0362. The molecule has 24 heteroatoms. The minimum Gasteiger partial charge on any atom is -0.497 e. The molecular formula is C66H54F6N12O6. The van der Waals surface area contributed by atoms with E-state index in [1.165, 1.54) is 149 Å². The second-order valence-electron chi connectivity index (χ2n) is 20.6. The Hall–Kier alpha value is -11.4. The van der Waals surface area contributed by atoms with Crippen molar-refractivity contribution in [3.05, 3.63) is 251 Å². The predicted molar refractivity (Wildman–Crippen MR) is 323 cm³/mol. The molecule has 0 bridgehead atoms. The van der Waals surface area contributed by atoms with Crippen LogP contribution in [0.2, 0.25) is 0 Å². The lowest BCUT2D eigenvalue weighted by molar-refractivity contribution is -0.130. The van der Waals surface area contributed by atoms with Crippen molar-refractivity contribution in [1.82, 2.24) is 29.7 Å². The molecule has 6 heterocycles. The normalized spacial score (nSPS) is 18.5. The monoisotopic (exact) mass is 1220 g/mol. The number of carbonyl (C=O) groups is 3. The average Bonchev–Trinajstić information content (AvgIpc) is 1.56. The van der Waals surface area contributed by atoms with Crippen molar-refractivity contribution in [1.29, 1.82) is 0 Å². The van der Waals surface area contributed by atoms with E-state index in [9.17, 15) is 40.7 Å². The fraction of sp³-hybridized carbons (Fsp3) is 0.136. The summed E-state index contributed by atoms with van der Waals surface area (Å²) in [5, 5.41) is 0. The van der Waals surface area contributed by atoms with Gasteiger partial charge < -0.3 is 31.4 Å². The summed E-state index contributed by atoms with van der Waals surface area (Å²) in [6, 6.07) is 36.5. The number of nitrogens with two attached hydrogens (primary N) is 3. The molecule has 0 fully saturated rings. The number of hydrogen-bond donors (Lipinski definition) is 3. The zero-order valence-electron chi connectivity index (χ0n) is 48.8. The molecule has 90 heavy (non-hydrogen) atoms. The van der Waals surface area contributed by atoms with Crippen molar-refractivity contribution in [2.75, 3.05) is 42.5 Å². The smallest absolute Gasteiger partial charge is 0.266 e. The van der Waals surface area contributed by atoms with Gasteiger partial charge in [-0.1, -0.05) is 54.6 Å². The number of pyridine rings is 3. The van der Waals surface area contributed by atoms with Crippen LogP contribution in [-0.4, -0.2) is 108 Å². The van der Waals surface area contributed by atoms with Gasteiger partial charge in [0.05, 0.1) is 39.9 Å². The average molecular weight is 1230 g/mol. The number of benzene rings is 6. The third-order valence-electron chi connectivity index (χ3n) is 15.4. The fourth-order valence-corrected chi connectivity index (χ4v) is 10.6. The number of carbonyl (C=O) groups excluding carboxylic acids is 3. The molecule has 0 saturated carbocycles. The molecule has 0 spiro atoms. The summed E-state index contributed by atoms with van der Waals surface area (Å²) in [5.41, 5.74) is 17.2. The van der Waals surface area contributed by atoms with E-state index in [4.69, 9.17) is 31.4 Å². The number of aliphatic imine (C=N–C) groups is 3. The molecule has 12 rings (SSSR count). The summed E-state index contributed by atoms with van der Waals surface area (Å²) < 4.78 is 100. The molecule has 6 N–H and O–H groups in total. The summed E-state index contributed by atoms with van der Waals surface area (Å²) in [6.07, 6.45) is 7.16. The number of likely N-dealkylation sites (N-methyl/N-ethyl adjacent to an activating group) is 3. The zero-order valence-corrected chi connectivity index (χ0v) is 48.8. The molecule has 9 aromatic rings. The Balaban J connectivity index is 0.000000148. The van der Waals surface area contributed by atoms with Crippen LogP contribution in [0.25, 0.3) is 33.4 Å². The van der Waals surface area contributed by atoms with Crippen molar-refractivity contribution in [2.24, 2.45) is 32.2 Å². The van der Waals surface area contributed by atoms with Crippen LogP contribution in [0.15, 0.2) is 198 Å². The standard InChI is InChI=1S/3C22H18F2N4O2/c3*1-28-20(29)22(27-21(28)25,14-3-6-17(30-2)7-4-14)15-5-8-19(24)18(10-15)13-9-16(23)12-26-11-13/h3*3-12H,1-2H3,(H2,25,27)/t2*22-;/m10./s1. The number of nitrogens with zero attached hydrogens (tertiary/aromatic N) is 9. The maximum absolute atomic E-state index is 14.6. The van der Waals surface area contributed by atoms with Crippen molar-refractivity contribution >= 4 is 35.6 Å². The highest BCUT2D eigenvalue weighted by Crippen LogP contribution is 2.45. The number of amides is 3. The van der Waals surface area contributed by atoms with E-state index in [-0.39, 0.29) is 69.0 Å². The lowest BCUT2D eigenvalue weighted by Gasteiger charge is -2.27. The molecule has 3 amide bonds. The highest BCUT2D eigenvalue weighted by Gasteiger charge is 2.52. The topological polar surface area (TPSA) is 242 Å². The van der Waals surface area contributed by atoms with Gasteiger partial charge in [0, 0.05) is 73.1 Å². The lowest BCUT2D eigenvalue weighted by Crippen LogP contribution is -2.41.